The lowest BCUT2D eigenvalue weighted by molar-refractivity contribution is -0.120. The number of hydrogen-bond donors (Lipinski definition) is 0. The van der Waals surface area contributed by atoms with Gasteiger partial charge in [-0.15, -0.1) is 0 Å². The average Bonchev–Trinajstić information content (AvgIpc) is 2.69. The van der Waals surface area contributed by atoms with Gasteiger partial charge >= 0.3 is 0 Å². The second-order valence-electron chi connectivity index (χ2n) is 4.49. The second kappa shape index (κ2) is 4.70. The first-order chi connectivity index (χ1) is 8.13. The minimum Gasteiger partial charge on any atom is -0.497 e. The Kier molecular flexibility index (Phi) is 3.27. The monoisotopic (exact) mass is 232 g/mol. The quantitative estimate of drug-likeness (QED) is 0.752. The van der Waals surface area contributed by atoms with Gasteiger partial charge in [0, 0.05) is 23.8 Å². The molecule has 1 aliphatic rings. The number of carbonyl (C=O) groups excluding carboxylic acids is 2. The first-order valence-electron chi connectivity index (χ1n) is 5.84. The summed E-state index contributed by atoms with van der Waals surface area (Å²) in [6.07, 6.45) is 1.22. The van der Waals surface area contributed by atoms with Gasteiger partial charge in [0.1, 0.15) is 11.5 Å². The first kappa shape index (κ1) is 11.8. The van der Waals surface area contributed by atoms with E-state index in [4.69, 9.17) is 4.74 Å². The molecule has 1 fully saturated rings. The predicted octanol–water partition coefficient (Wildman–Crippen LogP) is 2.49. The van der Waals surface area contributed by atoms with E-state index in [2.05, 4.69) is 0 Å². The van der Waals surface area contributed by atoms with Gasteiger partial charge in [-0.05, 0) is 30.7 Å². The van der Waals surface area contributed by atoms with Crippen molar-refractivity contribution in [2.45, 2.75) is 19.8 Å². The molecule has 3 heteroatoms. The molecule has 0 unspecified atom stereocenters. The van der Waals surface area contributed by atoms with Gasteiger partial charge in [0.25, 0.3) is 0 Å². The molecular formula is C14H16O3. The smallest absolute Gasteiger partial charge is 0.166 e. The zero-order chi connectivity index (χ0) is 12.4. The summed E-state index contributed by atoms with van der Waals surface area (Å²) in [6, 6.07) is 7.07. The molecule has 1 aromatic rings. The summed E-state index contributed by atoms with van der Waals surface area (Å²) >= 11 is 0. The molecule has 17 heavy (non-hydrogen) atoms. The number of Topliss-reactive ketones (excluding diaryl/α,β-unsaturated/α-hetero) is 2. The molecule has 1 aliphatic carbocycles. The Labute approximate surface area is 101 Å². The van der Waals surface area contributed by atoms with Crippen molar-refractivity contribution in [1.29, 1.82) is 0 Å². The minimum atomic E-state index is -0.143. The number of methoxy groups -OCH3 is 1. The largest absolute Gasteiger partial charge is 0.497 e. The van der Waals surface area contributed by atoms with Gasteiger partial charge < -0.3 is 4.74 Å². The summed E-state index contributed by atoms with van der Waals surface area (Å²) in [7, 11) is 1.59. The molecule has 3 nitrogen and oxygen atoms in total. The summed E-state index contributed by atoms with van der Waals surface area (Å²) in [6.45, 7) is 1.85. The third kappa shape index (κ3) is 2.23. The van der Waals surface area contributed by atoms with Crippen LogP contribution in [0.3, 0.4) is 0 Å². The van der Waals surface area contributed by atoms with Crippen LogP contribution >= 0.6 is 0 Å². The Bertz CT molecular complexity index is 433. The molecule has 2 atom stereocenters. The molecule has 90 valence electrons. The van der Waals surface area contributed by atoms with Gasteiger partial charge in [-0.2, -0.15) is 0 Å². The lowest BCUT2D eigenvalue weighted by Gasteiger charge is -2.12. The van der Waals surface area contributed by atoms with Crippen LogP contribution in [0.4, 0.5) is 0 Å². The van der Waals surface area contributed by atoms with Crippen LogP contribution in [0.5, 0.6) is 5.75 Å². The van der Waals surface area contributed by atoms with Crippen molar-refractivity contribution in [1.82, 2.24) is 0 Å². The van der Waals surface area contributed by atoms with Crippen LogP contribution in [0.2, 0.25) is 0 Å². The molecule has 0 spiro atoms. The Hall–Kier alpha value is -1.64. The van der Waals surface area contributed by atoms with Crippen molar-refractivity contribution in [2.75, 3.05) is 7.11 Å². The third-order valence-electron chi connectivity index (χ3n) is 3.52. The van der Waals surface area contributed by atoms with E-state index in [1.54, 1.807) is 31.4 Å². The number of rotatable bonds is 3. The summed E-state index contributed by atoms with van der Waals surface area (Å²) in [5.41, 5.74) is 0.664. The van der Waals surface area contributed by atoms with E-state index in [1.165, 1.54) is 0 Å². The van der Waals surface area contributed by atoms with Gasteiger partial charge in [-0.3, -0.25) is 9.59 Å². The SMILES string of the molecule is COc1ccc(C(=O)[C@@H]2CCC(=O)[C@H]2C)cc1. The molecule has 0 saturated heterocycles. The molecule has 0 amide bonds. The van der Waals surface area contributed by atoms with Crippen LogP contribution in [0, 0.1) is 11.8 Å². The summed E-state index contributed by atoms with van der Waals surface area (Å²) in [5.74, 6) is 0.737. The zero-order valence-electron chi connectivity index (χ0n) is 10.1. The molecule has 0 bridgehead atoms. The van der Waals surface area contributed by atoms with Gasteiger partial charge in [-0.25, -0.2) is 0 Å². The van der Waals surface area contributed by atoms with E-state index in [1.807, 2.05) is 6.92 Å². The number of benzene rings is 1. The van der Waals surface area contributed by atoms with Gasteiger partial charge in [-0.1, -0.05) is 6.92 Å². The van der Waals surface area contributed by atoms with Crippen LogP contribution < -0.4 is 4.74 Å². The van der Waals surface area contributed by atoms with Crippen molar-refractivity contribution in [2.24, 2.45) is 11.8 Å². The highest BCUT2D eigenvalue weighted by Gasteiger charge is 2.36. The van der Waals surface area contributed by atoms with E-state index >= 15 is 0 Å². The predicted molar refractivity (Wildman–Crippen MR) is 64.2 cm³/mol. The van der Waals surface area contributed by atoms with Crippen LogP contribution in [-0.2, 0) is 4.79 Å². The maximum absolute atomic E-state index is 12.2. The van der Waals surface area contributed by atoms with Crippen molar-refractivity contribution in [3.63, 3.8) is 0 Å². The second-order valence-corrected chi connectivity index (χ2v) is 4.49. The van der Waals surface area contributed by atoms with Gasteiger partial charge in [0.05, 0.1) is 7.11 Å². The highest BCUT2D eigenvalue weighted by molar-refractivity contribution is 6.02. The molecule has 0 radical (unpaired) electrons. The van der Waals surface area contributed by atoms with Crippen LogP contribution in [-0.4, -0.2) is 18.7 Å². The van der Waals surface area contributed by atoms with Crippen LogP contribution in [0.15, 0.2) is 24.3 Å². The van der Waals surface area contributed by atoms with Gasteiger partial charge in [0.15, 0.2) is 5.78 Å². The molecular weight excluding hydrogens is 216 g/mol. The summed E-state index contributed by atoms with van der Waals surface area (Å²) in [4.78, 5) is 23.7. The Morgan fingerprint density at radius 2 is 1.94 bits per heavy atom. The highest BCUT2D eigenvalue weighted by Crippen LogP contribution is 2.31. The summed E-state index contributed by atoms with van der Waals surface area (Å²) in [5, 5.41) is 0. The molecule has 2 rings (SSSR count). The number of ether oxygens (including phenoxy) is 1. The maximum atomic E-state index is 12.2. The van der Waals surface area contributed by atoms with Crippen LogP contribution in [0.25, 0.3) is 0 Å². The van der Waals surface area contributed by atoms with Gasteiger partial charge in [0.2, 0.25) is 0 Å². The number of ketones is 2. The lowest BCUT2D eigenvalue weighted by Crippen LogP contribution is -2.20. The minimum absolute atomic E-state index is 0.0750. The average molecular weight is 232 g/mol. The Morgan fingerprint density at radius 1 is 1.29 bits per heavy atom. The Morgan fingerprint density at radius 3 is 2.41 bits per heavy atom. The van der Waals surface area contributed by atoms with E-state index < -0.39 is 0 Å². The van der Waals surface area contributed by atoms with E-state index in [9.17, 15) is 9.59 Å². The fourth-order valence-corrected chi connectivity index (χ4v) is 2.33. The standard InChI is InChI=1S/C14H16O3/c1-9-12(7-8-13(9)15)14(16)10-3-5-11(17-2)6-4-10/h3-6,9,12H,7-8H2,1-2H3/t9-,12+/m0/s1. The number of hydrogen-bond acceptors (Lipinski definition) is 3. The van der Waals surface area contributed by atoms with Crippen molar-refractivity contribution >= 4 is 11.6 Å². The lowest BCUT2D eigenvalue weighted by atomic mass is 9.89. The first-order valence-corrected chi connectivity index (χ1v) is 5.84. The highest BCUT2D eigenvalue weighted by atomic mass is 16.5. The normalized spacial score (nSPS) is 23.8. The molecule has 1 saturated carbocycles. The van der Waals surface area contributed by atoms with E-state index in [0.29, 0.717) is 18.4 Å². The van der Waals surface area contributed by atoms with E-state index in [0.717, 1.165) is 5.75 Å². The zero-order valence-corrected chi connectivity index (χ0v) is 10.1. The maximum Gasteiger partial charge on any atom is 0.166 e. The topological polar surface area (TPSA) is 43.4 Å². The Balaban J connectivity index is 2.16. The molecule has 1 aromatic carbocycles. The van der Waals surface area contributed by atoms with Crippen molar-refractivity contribution < 1.29 is 14.3 Å². The van der Waals surface area contributed by atoms with Crippen molar-refractivity contribution in [3.05, 3.63) is 29.8 Å². The van der Waals surface area contributed by atoms with Crippen LogP contribution in [0.1, 0.15) is 30.1 Å². The fraction of sp³-hybridized carbons (Fsp3) is 0.429. The fourth-order valence-electron chi connectivity index (χ4n) is 2.33. The molecule has 0 N–H and O–H groups in total. The number of carbonyl (C=O) groups is 2. The molecule has 0 aliphatic heterocycles. The third-order valence-corrected chi connectivity index (χ3v) is 3.52. The van der Waals surface area contributed by atoms with Crippen molar-refractivity contribution in [3.8, 4) is 5.75 Å². The van der Waals surface area contributed by atoms with E-state index in [-0.39, 0.29) is 23.4 Å². The molecule has 0 heterocycles. The summed E-state index contributed by atoms with van der Waals surface area (Å²) < 4.78 is 5.05. The molecule has 0 aromatic heterocycles.